The fraction of sp³-hybridized carbons (Fsp3) is 0.562. The van der Waals surface area contributed by atoms with Crippen molar-refractivity contribution in [1.82, 2.24) is 9.38 Å². The first-order chi connectivity index (χ1) is 9.81. The molecule has 4 rings (SSSR count). The van der Waals surface area contributed by atoms with Gasteiger partial charge in [0.15, 0.2) is 0 Å². The lowest BCUT2D eigenvalue weighted by Crippen LogP contribution is -2.30. The van der Waals surface area contributed by atoms with E-state index in [-0.39, 0.29) is 0 Å². The van der Waals surface area contributed by atoms with E-state index in [9.17, 15) is 0 Å². The summed E-state index contributed by atoms with van der Waals surface area (Å²) in [6.45, 7) is 0. The van der Waals surface area contributed by atoms with E-state index < -0.39 is 0 Å². The maximum Gasteiger partial charge on any atom is 0.0994 e. The van der Waals surface area contributed by atoms with Crippen LogP contribution in [-0.4, -0.2) is 14.6 Å². The first kappa shape index (κ1) is 13.0. The van der Waals surface area contributed by atoms with Crippen molar-refractivity contribution in [3.63, 3.8) is 0 Å². The molecule has 0 spiro atoms. The maximum absolute atomic E-state index is 6.24. The molecule has 0 amide bonds. The van der Waals surface area contributed by atoms with Crippen LogP contribution in [0.4, 0.5) is 0 Å². The van der Waals surface area contributed by atoms with Crippen molar-refractivity contribution >= 4 is 28.9 Å². The number of imidazole rings is 1. The molecular formula is C16H19ClN2S. The Morgan fingerprint density at radius 2 is 2.00 bits per heavy atom. The third-order valence-electron chi connectivity index (χ3n) is 4.81. The van der Waals surface area contributed by atoms with Gasteiger partial charge in [-0.1, -0.05) is 30.9 Å². The van der Waals surface area contributed by atoms with Gasteiger partial charge in [0, 0.05) is 21.2 Å². The van der Waals surface area contributed by atoms with Crippen LogP contribution in [0.15, 0.2) is 24.7 Å². The van der Waals surface area contributed by atoms with Crippen LogP contribution >= 0.6 is 23.4 Å². The molecule has 1 saturated heterocycles. The van der Waals surface area contributed by atoms with Crippen LogP contribution in [0.2, 0.25) is 5.02 Å². The van der Waals surface area contributed by atoms with Crippen LogP contribution in [0.1, 0.15) is 49.5 Å². The van der Waals surface area contributed by atoms with E-state index in [0.29, 0.717) is 5.25 Å². The molecule has 2 aliphatic rings. The van der Waals surface area contributed by atoms with Crippen molar-refractivity contribution in [3.05, 3.63) is 35.4 Å². The van der Waals surface area contributed by atoms with Crippen LogP contribution in [0, 0.1) is 5.92 Å². The number of nitrogens with zero attached hydrogens (tertiary/aromatic N) is 2. The minimum Gasteiger partial charge on any atom is -0.302 e. The van der Waals surface area contributed by atoms with Gasteiger partial charge >= 0.3 is 0 Å². The lowest BCUT2D eigenvalue weighted by Gasteiger charge is -2.41. The molecule has 0 bridgehead atoms. The molecule has 2 aromatic heterocycles. The molecule has 20 heavy (non-hydrogen) atoms. The van der Waals surface area contributed by atoms with Gasteiger partial charge in [0.25, 0.3) is 0 Å². The summed E-state index contributed by atoms with van der Waals surface area (Å²) in [6, 6.07) is 4.10. The molecule has 0 N–H and O–H groups in total. The normalized spacial score (nSPS) is 27.6. The molecule has 2 aromatic rings. The van der Waals surface area contributed by atoms with E-state index in [0.717, 1.165) is 21.7 Å². The van der Waals surface area contributed by atoms with E-state index in [2.05, 4.69) is 27.2 Å². The second-order valence-electron chi connectivity index (χ2n) is 6.08. The first-order valence-corrected chi connectivity index (χ1v) is 8.90. The summed E-state index contributed by atoms with van der Waals surface area (Å²) in [5.74, 6) is 0.961. The predicted octanol–water partition coefficient (Wildman–Crippen LogP) is 5.11. The zero-order valence-electron chi connectivity index (χ0n) is 11.5. The van der Waals surface area contributed by atoms with Crippen LogP contribution in [-0.2, 0) is 0 Å². The molecular weight excluding hydrogens is 288 g/mol. The molecule has 2 atom stereocenters. The summed E-state index contributed by atoms with van der Waals surface area (Å²) in [4.78, 5) is 4.25. The molecule has 2 fully saturated rings. The molecule has 1 aliphatic carbocycles. The number of hydrogen-bond acceptors (Lipinski definition) is 2. The third kappa shape index (κ3) is 2.25. The Labute approximate surface area is 128 Å². The number of thioether (sulfide) groups is 1. The highest BCUT2D eigenvalue weighted by atomic mass is 35.5. The maximum atomic E-state index is 6.24. The van der Waals surface area contributed by atoms with Gasteiger partial charge < -0.3 is 4.40 Å². The van der Waals surface area contributed by atoms with Crippen LogP contribution in [0.5, 0.6) is 0 Å². The topological polar surface area (TPSA) is 17.3 Å². The zero-order valence-corrected chi connectivity index (χ0v) is 13.0. The first-order valence-electron chi connectivity index (χ1n) is 7.58. The van der Waals surface area contributed by atoms with E-state index in [1.165, 1.54) is 44.2 Å². The van der Waals surface area contributed by atoms with Gasteiger partial charge in [-0.15, -0.1) is 11.8 Å². The van der Waals surface area contributed by atoms with E-state index in [4.69, 9.17) is 11.6 Å². The van der Waals surface area contributed by atoms with Gasteiger partial charge in [-0.25, -0.2) is 4.98 Å². The molecule has 1 saturated carbocycles. The highest BCUT2D eigenvalue weighted by Crippen LogP contribution is 2.54. The molecule has 0 aromatic carbocycles. The van der Waals surface area contributed by atoms with Crippen molar-refractivity contribution in [1.29, 1.82) is 0 Å². The summed E-state index contributed by atoms with van der Waals surface area (Å²) < 4.78 is 2.20. The Morgan fingerprint density at radius 1 is 1.20 bits per heavy atom. The number of rotatable bonds is 2. The molecule has 106 valence electrons. The average Bonchev–Trinajstić information content (AvgIpc) is 2.86. The molecule has 2 nitrogen and oxygen atoms in total. The number of halogens is 1. The minimum atomic E-state index is 0.595. The van der Waals surface area contributed by atoms with Crippen molar-refractivity contribution < 1.29 is 0 Å². The highest BCUT2D eigenvalue weighted by Gasteiger charge is 2.38. The highest BCUT2D eigenvalue weighted by molar-refractivity contribution is 8.01. The van der Waals surface area contributed by atoms with Gasteiger partial charge in [-0.3, -0.25) is 0 Å². The van der Waals surface area contributed by atoms with Gasteiger partial charge in [-0.05, 0) is 37.3 Å². The summed E-state index contributed by atoms with van der Waals surface area (Å²) >= 11 is 8.39. The van der Waals surface area contributed by atoms with Gasteiger partial charge in [-0.2, -0.15) is 0 Å². The lowest BCUT2D eigenvalue weighted by molar-refractivity contribution is 0.328. The SMILES string of the molecule is Clc1cc([C@@H]2CC(C3CCCCC3)S2)n2cncc2c1. The minimum absolute atomic E-state index is 0.595. The van der Waals surface area contributed by atoms with Gasteiger partial charge in [0.05, 0.1) is 18.0 Å². The molecule has 1 aliphatic heterocycles. The zero-order chi connectivity index (χ0) is 13.5. The fourth-order valence-corrected chi connectivity index (χ4v) is 5.41. The second kappa shape index (κ2) is 5.27. The van der Waals surface area contributed by atoms with Crippen molar-refractivity contribution in [2.24, 2.45) is 5.92 Å². The summed E-state index contributed by atoms with van der Waals surface area (Å²) in [5.41, 5.74) is 2.43. The predicted molar refractivity (Wildman–Crippen MR) is 85.5 cm³/mol. The second-order valence-corrected chi connectivity index (χ2v) is 7.97. The van der Waals surface area contributed by atoms with E-state index >= 15 is 0 Å². The third-order valence-corrected chi connectivity index (χ3v) is 6.72. The van der Waals surface area contributed by atoms with Crippen LogP contribution in [0.3, 0.4) is 0 Å². The number of aromatic nitrogens is 2. The Kier molecular flexibility index (Phi) is 3.43. The smallest absolute Gasteiger partial charge is 0.0994 e. The van der Waals surface area contributed by atoms with Crippen molar-refractivity contribution in [2.45, 2.75) is 49.0 Å². The van der Waals surface area contributed by atoms with Crippen molar-refractivity contribution in [2.75, 3.05) is 0 Å². The van der Waals surface area contributed by atoms with Crippen molar-refractivity contribution in [3.8, 4) is 0 Å². The largest absolute Gasteiger partial charge is 0.302 e. The van der Waals surface area contributed by atoms with Crippen LogP contribution < -0.4 is 0 Å². The number of fused-ring (bicyclic) bond motifs is 1. The molecule has 0 radical (unpaired) electrons. The van der Waals surface area contributed by atoms with Crippen LogP contribution in [0.25, 0.3) is 5.52 Å². The van der Waals surface area contributed by atoms with E-state index in [1.54, 1.807) is 0 Å². The Balaban J connectivity index is 1.52. The summed E-state index contributed by atoms with van der Waals surface area (Å²) in [5, 5.41) is 2.30. The molecule has 1 unspecified atom stereocenters. The standard InChI is InChI=1S/C16H19ClN2S/c17-12-6-13-9-18-10-19(13)14(7-12)16-8-15(20-16)11-4-2-1-3-5-11/h6-7,9-11,15-16H,1-5,8H2/t15?,16-/m0/s1. The summed E-state index contributed by atoms with van der Waals surface area (Å²) in [6.07, 6.45) is 12.3. The quantitative estimate of drug-likeness (QED) is 0.766. The molecule has 4 heteroatoms. The van der Waals surface area contributed by atoms with Gasteiger partial charge in [0.1, 0.15) is 0 Å². The Morgan fingerprint density at radius 3 is 2.80 bits per heavy atom. The molecule has 3 heterocycles. The fourth-order valence-electron chi connectivity index (χ4n) is 3.68. The summed E-state index contributed by atoms with van der Waals surface area (Å²) in [7, 11) is 0. The monoisotopic (exact) mass is 306 g/mol. The average molecular weight is 307 g/mol. The number of hydrogen-bond donors (Lipinski definition) is 0. The number of pyridine rings is 1. The van der Waals surface area contributed by atoms with Gasteiger partial charge in [0.2, 0.25) is 0 Å². The lowest BCUT2D eigenvalue weighted by atomic mass is 9.84. The van der Waals surface area contributed by atoms with E-state index in [1.807, 2.05) is 18.6 Å². The Bertz CT molecular complexity index is 612. The Hall–Kier alpha value is -0.670.